The van der Waals surface area contributed by atoms with Crippen LogP contribution in [0.4, 0.5) is 0 Å². The molecular weight excluding hydrogens is 152 g/mol. The molecule has 0 bridgehead atoms. The normalized spacial score (nSPS) is 18.9. The predicted octanol–water partition coefficient (Wildman–Crippen LogP) is -2.09. The highest BCUT2D eigenvalue weighted by Crippen LogP contribution is 2.00. The van der Waals surface area contributed by atoms with Crippen LogP contribution in [0.15, 0.2) is 0 Å². The van der Waals surface area contributed by atoms with Crippen molar-refractivity contribution >= 4 is 6.29 Å². The molecule has 66 valence electrons. The summed E-state index contributed by atoms with van der Waals surface area (Å²) in [7, 11) is 1.23. The van der Waals surface area contributed by atoms with Crippen molar-refractivity contribution < 1.29 is 24.9 Å². The molecule has 0 aliphatic heterocycles. The Hall–Kier alpha value is -0.490. The number of carbonyl (C=O) groups is 1. The SMILES string of the molecule is COC(C=O)C(O)C(O)CO. The van der Waals surface area contributed by atoms with Gasteiger partial charge in [-0.3, -0.25) is 0 Å². The van der Waals surface area contributed by atoms with Gasteiger partial charge in [0.05, 0.1) is 6.61 Å². The largest absolute Gasteiger partial charge is 0.394 e. The third kappa shape index (κ3) is 2.94. The molecule has 3 atom stereocenters. The van der Waals surface area contributed by atoms with Gasteiger partial charge in [0.15, 0.2) is 6.29 Å². The van der Waals surface area contributed by atoms with Crippen LogP contribution in [-0.4, -0.2) is 53.6 Å². The highest BCUT2D eigenvalue weighted by atomic mass is 16.5. The average molecular weight is 164 g/mol. The van der Waals surface area contributed by atoms with E-state index in [1.165, 1.54) is 7.11 Å². The zero-order valence-corrected chi connectivity index (χ0v) is 6.17. The zero-order valence-electron chi connectivity index (χ0n) is 6.17. The van der Waals surface area contributed by atoms with Crippen LogP contribution in [-0.2, 0) is 9.53 Å². The Morgan fingerprint density at radius 3 is 2.36 bits per heavy atom. The van der Waals surface area contributed by atoms with Gasteiger partial charge in [0.25, 0.3) is 0 Å². The van der Waals surface area contributed by atoms with Crippen molar-refractivity contribution in [2.45, 2.75) is 18.3 Å². The van der Waals surface area contributed by atoms with Gasteiger partial charge >= 0.3 is 0 Å². The third-order valence-electron chi connectivity index (χ3n) is 1.32. The Bertz CT molecular complexity index is 116. The number of aliphatic hydroxyl groups excluding tert-OH is 3. The molecule has 0 amide bonds. The van der Waals surface area contributed by atoms with Crippen LogP contribution in [0, 0.1) is 0 Å². The standard InChI is InChI=1S/C6H12O5/c1-11-5(3-8)6(10)4(9)2-7/h3-7,9-10H,2H2,1H3. The van der Waals surface area contributed by atoms with E-state index in [-0.39, 0.29) is 0 Å². The number of methoxy groups -OCH3 is 1. The summed E-state index contributed by atoms with van der Waals surface area (Å²) in [4.78, 5) is 10.1. The van der Waals surface area contributed by atoms with Crippen LogP contribution in [0.2, 0.25) is 0 Å². The average Bonchev–Trinajstić information content (AvgIpc) is 2.05. The highest BCUT2D eigenvalue weighted by Gasteiger charge is 2.24. The van der Waals surface area contributed by atoms with Crippen LogP contribution in [0.25, 0.3) is 0 Å². The summed E-state index contributed by atoms with van der Waals surface area (Å²) in [5.41, 5.74) is 0. The maximum absolute atomic E-state index is 10.1. The monoisotopic (exact) mass is 164 g/mol. The first-order valence-corrected chi connectivity index (χ1v) is 3.12. The quantitative estimate of drug-likeness (QED) is 0.406. The van der Waals surface area contributed by atoms with Gasteiger partial charge < -0.3 is 24.9 Å². The van der Waals surface area contributed by atoms with E-state index >= 15 is 0 Å². The Labute approximate surface area is 64.2 Å². The highest BCUT2D eigenvalue weighted by molar-refractivity contribution is 5.57. The first-order chi connectivity index (χ1) is 5.17. The number of hydrogen-bond donors (Lipinski definition) is 3. The minimum Gasteiger partial charge on any atom is -0.394 e. The molecular formula is C6H12O5. The molecule has 0 spiro atoms. The molecule has 0 aromatic heterocycles. The Kier molecular flexibility index (Phi) is 4.97. The van der Waals surface area contributed by atoms with E-state index in [4.69, 9.17) is 15.3 Å². The van der Waals surface area contributed by atoms with E-state index in [1.54, 1.807) is 0 Å². The summed E-state index contributed by atoms with van der Waals surface area (Å²) < 4.78 is 4.50. The summed E-state index contributed by atoms with van der Waals surface area (Å²) in [6.45, 7) is -0.602. The van der Waals surface area contributed by atoms with Gasteiger partial charge in [-0.25, -0.2) is 0 Å². The zero-order chi connectivity index (χ0) is 8.85. The van der Waals surface area contributed by atoms with Crippen LogP contribution < -0.4 is 0 Å². The van der Waals surface area contributed by atoms with Crippen molar-refractivity contribution in [3.8, 4) is 0 Å². The topological polar surface area (TPSA) is 87.0 Å². The van der Waals surface area contributed by atoms with E-state index < -0.39 is 24.9 Å². The molecule has 3 N–H and O–H groups in total. The summed E-state index contributed by atoms with van der Waals surface area (Å²) >= 11 is 0. The molecule has 3 unspecified atom stereocenters. The molecule has 0 aromatic rings. The van der Waals surface area contributed by atoms with E-state index in [9.17, 15) is 4.79 Å². The minimum atomic E-state index is -1.37. The van der Waals surface area contributed by atoms with Crippen LogP contribution in [0.1, 0.15) is 0 Å². The van der Waals surface area contributed by atoms with Gasteiger partial charge in [-0.05, 0) is 0 Å². The second-order valence-electron chi connectivity index (χ2n) is 2.08. The van der Waals surface area contributed by atoms with Crippen molar-refractivity contribution in [1.29, 1.82) is 0 Å². The van der Waals surface area contributed by atoms with Crippen molar-refractivity contribution in [1.82, 2.24) is 0 Å². The fourth-order valence-electron chi connectivity index (χ4n) is 0.602. The van der Waals surface area contributed by atoms with Crippen molar-refractivity contribution in [2.24, 2.45) is 0 Å². The molecule has 11 heavy (non-hydrogen) atoms. The van der Waals surface area contributed by atoms with E-state index in [1.807, 2.05) is 0 Å². The van der Waals surface area contributed by atoms with E-state index in [0.717, 1.165) is 0 Å². The van der Waals surface area contributed by atoms with E-state index in [0.29, 0.717) is 6.29 Å². The maximum atomic E-state index is 10.1. The van der Waals surface area contributed by atoms with Crippen LogP contribution in [0.5, 0.6) is 0 Å². The Morgan fingerprint density at radius 2 is 2.09 bits per heavy atom. The van der Waals surface area contributed by atoms with Crippen molar-refractivity contribution in [2.75, 3.05) is 13.7 Å². The molecule has 0 aliphatic rings. The third-order valence-corrected chi connectivity index (χ3v) is 1.32. The lowest BCUT2D eigenvalue weighted by Gasteiger charge is -2.19. The number of carbonyl (C=O) groups excluding carboxylic acids is 1. The van der Waals surface area contributed by atoms with Crippen LogP contribution >= 0.6 is 0 Å². The van der Waals surface area contributed by atoms with E-state index in [2.05, 4.69) is 4.74 Å². The lowest BCUT2D eigenvalue weighted by molar-refractivity contribution is -0.131. The second kappa shape index (κ2) is 5.20. The molecule has 0 saturated heterocycles. The van der Waals surface area contributed by atoms with Crippen molar-refractivity contribution in [3.63, 3.8) is 0 Å². The van der Waals surface area contributed by atoms with Gasteiger partial charge in [-0.1, -0.05) is 0 Å². The second-order valence-corrected chi connectivity index (χ2v) is 2.08. The molecule has 0 aromatic carbocycles. The Balaban J connectivity index is 3.96. The van der Waals surface area contributed by atoms with Gasteiger partial charge in [0.2, 0.25) is 0 Å². The minimum absolute atomic E-state index is 0.365. The number of rotatable bonds is 5. The summed E-state index contributed by atoms with van der Waals surface area (Å²) in [5.74, 6) is 0. The van der Waals surface area contributed by atoms with Gasteiger partial charge in [-0.15, -0.1) is 0 Å². The van der Waals surface area contributed by atoms with Gasteiger partial charge in [0.1, 0.15) is 18.3 Å². The predicted molar refractivity (Wildman–Crippen MR) is 36.0 cm³/mol. The molecule has 0 heterocycles. The molecule has 0 radical (unpaired) electrons. The molecule has 0 saturated carbocycles. The molecule has 0 aliphatic carbocycles. The summed E-state index contributed by atoms with van der Waals surface area (Å²) in [6.07, 6.45) is -3.44. The Morgan fingerprint density at radius 1 is 1.55 bits per heavy atom. The number of ether oxygens (including phenoxy) is 1. The van der Waals surface area contributed by atoms with Crippen molar-refractivity contribution in [3.05, 3.63) is 0 Å². The maximum Gasteiger partial charge on any atom is 0.151 e. The molecule has 5 nitrogen and oxygen atoms in total. The summed E-state index contributed by atoms with van der Waals surface area (Å²) in [6, 6.07) is 0. The molecule has 5 heteroatoms. The summed E-state index contributed by atoms with van der Waals surface area (Å²) in [5, 5.41) is 26.2. The first kappa shape index (κ1) is 10.5. The van der Waals surface area contributed by atoms with Crippen LogP contribution in [0.3, 0.4) is 0 Å². The fraction of sp³-hybridized carbons (Fsp3) is 0.833. The molecule has 0 fully saturated rings. The van der Waals surface area contributed by atoms with Gasteiger partial charge in [0, 0.05) is 7.11 Å². The number of aldehydes is 1. The lowest BCUT2D eigenvalue weighted by Crippen LogP contribution is -2.41. The number of hydrogen-bond acceptors (Lipinski definition) is 5. The smallest absolute Gasteiger partial charge is 0.151 e. The molecule has 0 rings (SSSR count). The van der Waals surface area contributed by atoms with Gasteiger partial charge in [-0.2, -0.15) is 0 Å². The fourth-order valence-corrected chi connectivity index (χ4v) is 0.602. The number of aliphatic hydroxyl groups is 3. The first-order valence-electron chi connectivity index (χ1n) is 3.12. The lowest BCUT2D eigenvalue weighted by atomic mass is 10.1.